The number of nitrogens with one attached hydrogen (secondary N) is 1. The van der Waals surface area contributed by atoms with E-state index in [0.29, 0.717) is 12.4 Å². The summed E-state index contributed by atoms with van der Waals surface area (Å²) in [5, 5.41) is 6.33. The molecule has 3 N–H and O–H groups in total. The van der Waals surface area contributed by atoms with Gasteiger partial charge in [0.1, 0.15) is 17.5 Å². The van der Waals surface area contributed by atoms with Crippen molar-refractivity contribution in [1.82, 2.24) is 15.0 Å². The van der Waals surface area contributed by atoms with Crippen molar-refractivity contribution in [2.24, 2.45) is 0 Å². The molecule has 0 aliphatic rings. The molecule has 0 atom stereocenters. The van der Waals surface area contributed by atoms with Crippen LogP contribution < -0.4 is 11.1 Å². The number of rotatable bonds is 4. The van der Waals surface area contributed by atoms with E-state index in [2.05, 4.69) is 20.3 Å². The van der Waals surface area contributed by atoms with E-state index in [9.17, 15) is 0 Å². The summed E-state index contributed by atoms with van der Waals surface area (Å²) in [6.07, 6.45) is 0. The third-order valence-electron chi connectivity index (χ3n) is 2.40. The Labute approximate surface area is 111 Å². The maximum Gasteiger partial charge on any atom is 0.135 e. The summed E-state index contributed by atoms with van der Waals surface area (Å²) >= 11 is 1.64. The highest BCUT2D eigenvalue weighted by Crippen LogP contribution is 2.16. The smallest absolute Gasteiger partial charge is 0.135 e. The predicted octanol–water partition coefficient (Wildman–Crippen LogP) is 2.56. The third-order valence-corrected chi connectivity index (χ3v) is 3.22. The van der Waals surface area contributed by atoms with Gasteiger partial charge >= 0.3 is 0 Å². The fourth-order valence-corrected chi connectivity index (χ4v) is 2.12. The highest BCUT2D eigenvalue weighted by Gasteiger charge is 2.07. The maximum absolute atomic E-state index is 5.77. The molecule has 96 valence electrons. The maximum atomic E-state index is 5.77. The molecule has 0 amide bonds. The zero-order chi connectivity index (χ0) is 13.1. The Hall–Kier alpha value is -1.69. The zero-order valence-corrected chi connectivity index (χ0v) is 11.6. The van der Waals surface area contributed by atoms with E-state index in [1.807, 2.05) is 26.2 Å². The Morgan fingerprint density at radius 2 is 2.11 bits per heavy atom. The van der Waals surface area contributed by atoms with Crippen molar-refractivity contribution in [3.8, 4) is 0 Å². The largest absolute Gasteiger partial charge is 0.384 e. The first kappa shape index (κ1) is 12.8. The van der Waals surface area contributed by atoms with Crippen molar-refractivity contribution in [2.75, 3.05) is 11.1 Å². The lowest BCUT2D eigenvalue weighted by Gasteiger charge is -2.09. The molecule has 2 heterocycles. The van der Waals surface area contributed by atoms with E-state index in [1.54, 1.807) is 17.4 Å². The Kier molecular flexibility index (Phi) is 3.76. The van der Waals surface area contributed by atoms with Crippen molar-refractivity contribution in [2.45, 2.75) is 33.2 Å². The second-order valence-electron chi connectivity index (χ2n) is 4.40. The molecule has 0 spiro atoms. The van der Waals surface area contributed by atoms with Gasteiger partial charge in [0.2, 0.25) is 0 Å². The number of anilines is 2. The van der Waals surface area contributed by atoms with Crippen molar-refractivity contribution in [1.29, 1.82) is 0 Å². The average Bonchev–Trinajstić information content (AvgIpc) is 2.72. The van der Waals surface area contributed by atoms with Gasteiger partial charge in [-0.2, -0.15) is 0 Å². The second-order valence-corrected chi connectivity index (χ2v) is 5.46. The monoisotopic (exact) mass is 263 g/mol. The Bertz CT molecular complexity index is 535. The van der Waals surface area contributed by atoms with Gasteiger partial charge in [-0.25, -0.2) is 15.0 Å². The topological polar surface area (TPSA) is 76.7 Å². The molecule has 0 aromatic carbocycles. The van der Waals surface area contributed by atoms with Crippen LogP contribution in [0.2, 0.25) is 0 Å². The van der Waals surface area contributed by atoms with Crippen LogP contribution >= 0.6 is 11.3 Å². The Balaban J connectivity index is 2.09. The molecule has 0 fully saturated rings. The highest BCUT2D eigenvalue weighted by atomic mass is 32.1. The van der Waals surface area contributed by atoms with Crippen LogP contribution in [0.15, 0.2) is 11.4 Å². The first-order valence-electron chi connectivity index (χ1n) is 5.84. The molecule has 0 aliphatic carbocycles. The van der Waals surface area contributed by atoms with Gasteiger partial charge < -0.3 is 11.1 Å². The van der Waals surface area contributed by atoms with Gasteiger partial charge in [0.25, 0.3) is 0 Å². The number of hydrogen-bond donors (Lipinski definition) is 2. The van der Waals surface area contributed by atoms with Crippen molar-refractivity contribution in [3.05, 3.63) is 28.0 Å². The molecule has 6 heteroatoms. The summed E-state index contributed by atoms with van der Waals surface area (Å²) in [4.78, 5) is 13.0. The van der Waals surface area contributed by atoms with Crippen molar-refractivity contribution >= 4 is 23.0 Å². The fraction of sp³-hybridized carbons (Fsp3) is 0.417. The van der Waals surface area contributed by atoms with E-state index < -0.39 is 0 Å². The lowest BCUT2D eigenvalue weighted by atomic mass is 10.2. The van der Waals surface area contributed by atoms with E-state index in [-0.39, 0.29) is 5.92 Å². The molecule has 5 nitrogen and oxygen atoms in total. The van der Waals surface area contributed by atoms with Gasteiger partial charge in [-0.05, 0) is 6.92 Å². The lowest BCUT2D eigenvalue weighted by Crippen LogP contribution is -2.07. The number of thiazole rings is 1. The Morgan fingerprint density at radius 1 is 1.33 bits per heavy atom. The van der Waals surface area contributed by atoms with Crippen LogP contribution in [0.25, 0.3) is 0 Å². The number of aromatic nitrogens is 3. The van der Waals surface area contributed by atoms with Crippen molar-refractivity contribution < 1.29 is 0 Å². The minimum absolute atomic E-state index is 0.260. The predicted molar refractivity (Wildman–Crippen MR) is 74.7 cm³/mol. The van der Waals surface area contributed by atoms with Crippen LogP contribution in [-0.4, -0.2) is 15.0 Å². The van der Waals surface area contributed by atoms with E-state index in [4.69, 9.17) is 5.73 Å². The van der Waals surface area contributed by atoms with Crippen LogP contribution in [-0.2, 0) is 6.54 Å². The average molecular weight is 263 g/mol. The van der Waals surface area contributed by atoms with Gasteiger partial charge in [0.15, 0.2) is 0 Å². The standard InChI is InChI=1S/C12H17N5S/c1-7(2)12-16-10(13)4-11(17-12)14-5-9-6-18-8(3)15-9/h4,6-7H,5H2,1-3H3,(H3,13,14,16,17). The third kappa shape index (κ3) is 3.16. The number of nitrogen functional groups attached to an aromatic ring is 1. The van der Waals surface area contributed by atoms with Crippen LogP contribution in [0.3, 0.4) is 0 Å². The van der Waals surface area contributed by atoms with Gasteiger partial charge in [-0.3, -0.25) is 0 Å². The van der Waals surface area contributed by atoms with Gasteiger partial charge in [-0.15, -0.1) is 11.3 Å². The summed E-state index contributed by atoms with van der Waals surface area (Å²) in [6.45, 7) is 6.73. The molecule has 0 unspecified atom stereocenters. The van der Waals surface area contributed by atoms with E-state index in [1.165, 1.54) is 0 Å². The summed E-state index contributed by atoms with van der Waals surface area (Å²) in [5.74, 6) is 2.25. The SMILES string of the molecule is Cc1nc(CNc2cc(N)nc(C(C)C)n2)cs1. The summed E-state index contributed by atoms with van der Waals surface area (Å²) < 4.78 is 0. The molecule has 2 rings (SSSR count). The fourth-order valence-electron chi connectivity index (χ4n) is 1.50. The first-order valence-corrected chi connectivity index (χ1v) is 6.72. The molecular formula is C12H17N5S. The van der Waals surface area contributed by atoms with Crippen LogP contribution in [0.5, 0.6) is 0 Å². The normalized spacial score (nSPS) is 10.9. The molecule has 2 aromatic rings. The van der Waals surface area contributed by atoms with Crippen LogP contribution in [0.4, 0.5) is 11.6 Å². The molecule has 0 saturated carbocycles. The number of aryl methyl sites for hydroxylation is 1. The lowest BCUT2D eigenvalue weighted by molar-refractivity contribution is 0.776. The van der Waals surface area contributed by atoms with Gasteiger partial charge in [-0.1, -0.05) is 13.8 Å². The zero-order valence-electron chi connectivity index (χ0n) is 10.8. The van der Waals surface area contributed by atoms with E-state index >= 15 is 0 Å². The molecule has 18 heavy (non-hydrogen) atoms. The molecule has 0 radical (unpaired) electrons. The number of nitrogens with two attached hydrogens (primary N) is 1. The van der Waals surface area contributed by atoms with Crippen LogP contribution in [0, 0.1) is 6.92 Å². The summed E-state index contributed by atoms with van der Waals surface area (Å²) in [7, 11) is 0. The molecule has 0 saturated heterocycles. The Morgan fingerprint density at radius 3 is 2.72 bits per heavy atom. The van der Waals surface area contributed by atoms with Gasteiger partial charge in [0.05, 0.1) is 17.2 Å². The minimum Gasteiger partial charge on any atom is -0.384 e. The number of hydrogen-bond acceptors (Lipinski definition) is 6. The van der Waals surface area contributed by atoms with Crippen LogP contribution in [0.1, 0.15) is 36.3 Å². The molecule has 2 aromatic heterocycles. The summed E-state index contributed by atoms with van der Waals surface area (Å²) in [5.41, 5.74) is 6.78. The number of nitrogens with zero attached hydrogens (tertiary/aromatic N) is 3. The molecule has 0 bridgehead atoms. The van der Waals surface area contributed by atoms with Gasteiger partial charge in [0, 0.05) is 17.4 Å². The second kappa shape index (κ2) is 5.30. The quantitative estimate of drug-likeness (QED) is 0.886. The summed E-state index contributed by atoms with van der Waals surface area (Å²) in [6, 6.07) is 1.74. The first-order chi connectivity index (χ1) is 8.54. The molecule has 0 aliphatic heterocycles. The molecular weight excluding hydrogens is 246 g/mol. The minimum atomic E-state index is 0.260. The van der Waals surface area contributed by atoms with Crippen molar-refractivity contribution in [3.63, 3.8) is 0 Å². The highest BCUT2D eigenvalue weighted by molar-refractivity contribution is 7.09. The van der Waals surface area contributed by atoms with E-state index in [0.717, 1.165) is 22.3 Å².